The second-order valence-electron chi connectivity index (χ2n) is 6.76. The van der Waals surface area contributed by atoms with Gasteiger partial charge in [-0.25, -0.2) is 4.79 Å². The van der Waals surface area contributed by atoms with Crippen molar-refractivity contribution in [2.75, 3.05) is 32.8 Å². The van der Waals surface area contributed by atoms with Crippen LogP contribution in [0.5, 0.6) is 0 Å². The van der Waals surface area contributed by atoms with Gasteiger partial charge in [-0.3, -0.25) is 9.80 Å². The molecule has 0 aliphatic carbocycles. The molecule has 0 saturated carbocycles. The number of furan rings is 1. The first-order valence-corrected chi connectivity index (χ1v) is 10.3. The van der Waals surface area contributed by atoms with Gasteiger partial charge in [0.2, 0.25) is 5.76 Å². The molecule has 0 radical (unpaired) electrons. The summed E-state index contributed by atoms with van der Waals surface area (Å²) in [5.41, 5.74) is 1.68. The molecule has 4 rings (SSSR count). The first-order chi connectivity index (χ1) is 13.2. The molecule has 2 aromatic heterocycles. The van der Waals surface area contributed by atoms with Gasteiger partial charge in [0.25, 0.3) is 0 Å². The maximum atomic E-state index is 12.4. The molecule has 3 aromatic rings. The van der Waals surface area contributed by atoms with Crippen LogP contribution in [0, 0.1) is 0 Å². The SMILES string of the molecule is CCOC(=O)c1oc2ccccc2c1CN1CCN(Cc2cccs2)CC1. The van der Waals surface area contributed by atoms with Crippen LogP contribution >= 0.6 is 11.3 Å². The third-order valence-corrected chi connectivity index (χ3v) is 5.83. The number of benzene rings is 1. The summed E-state index contributed by atoms with van der Waals surface area (Å²) in [6.45, 7) is 7.90. The highest BCUT2D eigenvalue weighted by molar-refractivity contribution is 7.09. The molecule has 5 nitrogen and oxygen atoms in total. The second-order valence-corrected chi connectivity index (χ2v) is 7.79. The lowest BCUT2D eigenvalue weighted by Gasteiger charge is -2.34. The number of rotatable bonds is 6. The lowest BCUT2D eigenvalue weighted by Crippen LogP contribution is -2.45. The van der Waals surface area contributed by atoms with Crippen molar-refractivity contribution in [1.82, 2.24) is 9.80 Å². The van der Waals surface area contributed by atoms with Gasteiger partial charge in [0, 0.05) is 55.1 Å². The first-order valence-electron chi connectivity index (χ1n) is 9.39. The fourth-order valence-corrected chi connectivity index (χ4v) is 4.32. The van der Waals surface area contributed by atoms with Gasteiger partial charge in [-0.1, -0.05) is 24.3 Å². The Bertz CT molecular complexity index is 895. The summed E-state index contributed by atoms with van der Waals surface area (Å²) in [7, 11) is 0. The lowest BCUT2D eigenvalue weighted by atomic mass is 10.1. The number of piperazine rings is 1. The molecule has 3 heterocycles. The summed E-state index contributed by atoms with van der Waals surface area (Å²) in [6, 6.07) is 12.1. The highest BCUT2D eigenvalue weighted by Gasteiger charge is 2.25. The number of ether oxygens (including phenoxy) is 1. The standard InChI is InChI=1S/C21H24N2O3S/c1-2-25-21(24)20-18(17-7-3-4-8-19(17)26-20)15-23-11-9-22(10-12-23)14-16-6-5-13-27-16/h3-8,13H,2,9-12,14-15H2,1H3. The van der Waals surface area contributed by atoms with Crippen molar-refractivity contribution in [1.29, 1.82) is 0 Å². The third-order valence-electron chi connectivity index (χ3n) is 4.97. The van der Waals surface area contributed by atoms with Crippen LogP contribution in [0.3, 0.4) is 0 Å². The van der Waals surface area contributed by atoms with Gasteiger partial charge < -0.3 is 9.15 Å². The summed E-state index contributed by atoms with van der Waals surface area (Å²) in [5.74, 6) is -0.0286. The average Bonchev–Trinajstić information content (AvgIpc) is 3.32. The molecular formula is C21H24N2O3S. The maximum absolute atomic E-state index is 12.4. The van der Waals surface area contributed by atoms with Crippen molar-refractivity contribution in [2.45, 2.75) is 20.0 Å². The minimum absolute atomic E-state index is 0.344. The van der Waals surface area contributed by atoms with E-state index in [2.05, 4.69) is 27.3 Å². The summed E-state index contributed by atoms with van der Waals surface area (Å²) < 4.78 is 11.0. The molecule has 1 aliphatic heterocycles. The predicted molar refractivity (Wildman–Crippen MR) is 107 cm³/mol. The van der Waals surface area contributed by atoms with Gasteiger partial charge in [-0.2, -0.15) is 0 Å². The molecule has 0 atom stereocenters. The van der Waals surface area contributed by atoms with Crippen LogP contribution in [0.4, 0.5) is 0 Å². The van der Waals surface area contributed by atoms with Gasteiger partial charge in [0.1, 0.15) is 5.58 Å². The van der Waals surface area contributed by atoms with Crippen molar-refractivity contribution in [3.05, 3.63) is 58.0 Å². The summed E-state index contributed by atoms with van der Waals surface area (Å²) in [6.07, 6.45) is 0. The zero-order chi connectivity index (χ0) is 18.6. The summed E-state index contributed by atoms with van der Waals surface area (Å²) >= 11 is 1.81. The van der Waals surface area contributed by atoms with E-state index in [9.17, 15) is 4.79 Å². The van der Waals surface area contributed by atoms with Crippen molar-refractivity contribution in [3.63, 3.8) is 0 Å². The van der Waals surface area contributed by atoms with E-state index in [1.54, 1.807) is 0 Å². The van der Waals surface area contributed by atoms with Crippen molar-refractivity contribution in [2.24, 2.45) is 0 Å². The number of nitrogens with zero attached hydrogens (tertiary/aromatic N) is 2. The van der Waals surface area contributed by atoms with Crippen LogP contribution in [0.25, 0.3) is 11.0 Å². The molecule has 1 aromatic carbocycles. The molecule has 142 valence electrons. The molecule has 1 fully saturated rings. The Morgan fingerprint density at radius 3 is 2.52 bits per heavy atom. The van der Waals surface area contributed by atoms with Crippen LogP contribution in [0.2, 0.25) is 0 Å². The van der Waals surface area contributed by atoms with Crippen molar-refractivity contribution >= 4 is 28.3 Å². The Kier molecular flexibility index (Phi) is 5.57. The van der Waals surface area contributed by atoms with Crippen LogP contribution in [0.1, 0.15) is 27.9 Å². The van der Waals surface area contributed by atoms with Gasteiger partial charge in [-0.05, 0) is 24.4 Å². The smallest absolute Gasteiger partial charge is 0.374 e. The van der Waals surface area contributed by atoms with Gasteiger partial charge in [0.15, 0.2) is 0 Å². The molecule has 0 bridgehead atoms. The van der Waals surface area contributed by atoms with E-state index in [1.165, 1.54) is 4.88 Å². The number of fused-ring (bicyclic) bond motifs is 1. The monoisotopic (exact) mass is 384 g/mol. The van der Waals surface area contributed by atoms with E-state index in [4.69, 9.17) is 9.15 Å². The Balaban J connectivity index is 1.47. The van der Waals surface area contributed by atoms with Crippen molar-refractivity contribution < 1.29 is 13.9 Å². The molecular weight excluding hydrogens is 360 g/mol. The number of para-hydroxylation sites is 1. The molecule has 0 amide bonds. The fourth-order valence-electron chi connectivity index (χ4n) is 3.57. The Morgan fingerprint density at radius 2 is 1.81 bits per heavy atom. The zero-order valence-corrected chi connectivity index (χ0v) is 16.3. The summed E-state index contributed by atoms with van der Waals surface area (Å²) in [5, 5.41) is 3.13. The fraction of sp³-hybridized carbons (Fsp3) is 0.381. The van der Waals surface area contributed by atoms with Crippen LogP contribution < -0.4 is 0 Å². The quantitative estimate of drug-likeness (QED) is 0.602. The first kappa shape index (κ1) is 18.2. The molecule has 6 heteroatoms. The van der Waals surface area contributed by atoms with Crippen LogP contribution in [0.15, 0.2) is 46.2 Å². The van der Waals surface area contributed by atoms with Gasteiger partial charge in [0.05, 0.1) is 6.61 Å². The molecule has 0 unspecified atom stereocenters. The topological polar surface area (TPSA) is 45.9 Å². The van der Waals surface area contributed by atoms with Crippen LogP contribution in [-0.2, 0) is 17.8 Å². The number of esters is 1. The number of thiophene rings is 1. The zero-order valence-electron chi connectivity index (χ0n) is 15.5. The minimum atomic E-state index is -0.375. The Labute approximate surface area is 163 Å². The van der Waals surface area contributed by atoms with Crippen molar-refractivity contribution in [3.8, 4) is 0 Å². The third kappa shape index (κ3) is 4.08. The van der Waals surface area contributed by atoms with E-state index >= 15 is 0 Å². The van der Waals surface area contributed by atoms with E-state index in [0.717, 1.165) is 49.3 Å². The molecule has 1 aliphatic rings. The van der Waals surface area contributed by atoms with Crippen LogP contribution in [-0.4, -0.2) is 48.6 Å². The highest BCUT2D eigenvalue weighted by atomic mass is 32.1. The van der Waals surface area contributed by atoms with E-state index in [0.29, 0.717) is 18.9 Å². The highest BCUT2D eigenvalue weighted by Crippen LogP contribution is 2.28. The van der Waals surface area contributed by atoms with E-state index in [1.807, 2.05) is 42.5 Å². The predicted octanol–water partition coefficient (Wildman–Crippen LogP) is 3.99. The Hall–Kier alpha value is -2.15. The molecule has 1 saturated heterocycles. The van der Waals surface area contributed by atoms with Gasteiger partial charge >= 0.3 is 5.97 Å². The van der Waals surface area contributed by atoms with Gasteiger partial charge in [-0.15, -0.1) is 11.3 Å². The number of carbonyl (C=O) groups is 1. The minimum Gasteiger partial charge on any atom is -0.460 e. The number of hydrogen-bond acceptors (Lipinski definition) is 6. The molecule has 0 N–H and O–H groups in total. The summed E-state index contributed by atoms with van der Waals surface area (Å²) in [4.78, 5) is 18.7. The molecule has 27 heavy (non-hydrogen) atoms. The number of carbonyl (C=O) groups excluding carboxylic acids is 1. The lowest BCUT2D eigenvalue weighted by molar-refractivity contribution is 0.0487. The maximum Gasteiger partial charge on any atom is 0.374 e. The Morgan fingerprint density at radius 1 is 1.07 bits per heavy atom. The van der Waals surface area contributed by atoms with E-state index < -0.39 is 0 Å². The molecule has 0 spiro atoms. The largest absolute Gasteiger partial charge is 0.460 e. The normalized spacial score (nSPS) is 16.0. The van der Waals surface area contributed by atoms with E-state index in [-0.39, 0.29) is 5.97 Å². The second kappa shape index (κ2) is 8.25. The average molecular weight is 385 g/mol. The number of hydrogen-bond donors (Lipinski definition) is 0.